The standard InChI is InChI=1S/C20H29NO4.C15H22BrNO2.C15H23NO3.C15H21NO2.C14H21NO3/c1-13(21-2)10-14-6-7-17-19(23-14)11-15(22-17)18-16(12-19)24-20(25-18)8-4-3-5-9-20;1-9(17-3)6-11-4-5-14-15(19-11)7-12(16)10(2)13(8-15)18-14;1-9(16-3)6-11-4-5-14-15(19-11)7-12(17)10(2)13(8-15)18-14;1-10-6-7-15-9-13(10)17-14(15)5-4-12(18-15)8-11(2)16-3;1-9(15-3)6-11-4-5-13-14(18-11)7-12(17-13)10(2)16-8-14/h13-18H,3-12H2,1H3;9-14H,4-8H2,1-2H3;9-14,17H,4-8H2,1-2H3;6-7,10-14H,4-5,8-9H2,1-2H3;9-13H,4-8H2,1-2H3/t13-,14-,15-,16-,17+,18?,19-;9-,10?,11-,12+,13-,14+,15+;9-,10?,11-,12-,13-,14+,15+;10?,11-,12-,13-,14+,15+;9-,10?,11-,12-,13+,14-/m11111/s1. The fraction of sp³-hybridized carbons (Fsp3) is 0.911. The van der Waals surface area contributed by atoms with E-state index >= 15 is 0 Å². The fourth-order valence-electron chi connectivity index (χ4n) is 20.9. The van der Waals surface area contributed by atoms with E-state index in [2.05, 4.69) is 80.0 Å². The van der Waals surface area contributed by atoms with Crippen LogP contribution in [0.15, 0.2) is 12.2 Å². The minimum Gasteiger partial charge on any atom is -0.393 e. The number of halogens is 1. The van der Waals surface area contributed by atoms with Crippen molar-refractivity contribution in [1.82, 2.24) is 0 Å². The molecular formula is C79H116BrN5O14. The summed E-state index contributed by atoms with van der Waals surface area (Å²) in [5, 5.41) is 10.2. The molecule has 12 saturated heterocycles. The Kier molecular flexibility index (Phi) is 22.9. The summed E-state index contributed by atoms with van der Waals surface area (Å²) in [5.41, 5.74) is -0.957. The number of hydrogen-bond donors (Lipinski definition) is 1. The largest absolute Gasteiger partial charge is 0.393 e. The summed E-state index contributed by atoms with van der Waals surface area (Å²) in [6, 6.07) is 0.225. The third-order valence-electron chi connectivity index (χ3n) is 26.6. The van der Waals surface area contributed by atoms with Crippen LogP contribution in [0.5, 0.6) is 0 Å². The van der Waals surface area contributed by atoms with Gasteiger partial charge in [0.2, 0.25) is 30.2 Å². The van der Waals surface area contributed by atoms with Gasteiger partial charge in [0.05, 0.1) is 133 Å². The first-order valence-corrected chi connectivity index (χ1v) is 39.8. The van der Waals surface area contributed by atoms with Crippen molar-refractivity contribution in [3.8, 4) is 0 Å². The highest BCUT2D eigenvalue weighted by molar-refractivity contribution is 9.09. The molecule has 5 aliphatic carbocycles. The van der Waals surface area contributed by atoms with Crippen LogP contribution in [0.3, 0.4) is 0 Å². The first kappa shape index (κ1) is 74.4. The summed E-state index contributed by atoms with van der Waals surface area (Å²) >= 11 is 3.81. The number of ether oxygens (including phenoxy) is 13. The molecular weight excluding hydrogens is 1320 g/mol. The summed E-state index contributed by atoms with van der Waals surface area (Å²) in [6.07, 6.45) is 35.5. The van der Waals surface area contributed by atoms with Crippen LogP contribution in [0.2, 0.25) is 0 Å². The van der Waals surface area contributed by atoms with Crippen LogP contribution in [-0.4, -0.2) is 197 Å². The molecule has 19 nitrogen and oxygen atoms in total. The molecule has 12 heterocycles. The number of fused-ring (bicyclic) bond motifs is 7. The quantitative estimate of drug-likeness (QED) is 0.125. The molecule has 20 heteroatoms. The maximum atomic E-state index is 10.2. The molecule has 0 aromatic carbocycles. The van der Waals surface area contributed by atoms with E-state index in [-0.39, 0.29) is 174 Å². The van der Waals surface area contributed by atoms with E-state index in [1.54, 1.807) is 0 Å². The Morgan fingerprint density at radius 1 is 0.424 bits per heavy atom. The Labute approximate surface area is 600 Å². The average Bonchev–Trinajstić information content (AvgIpc) is 1.57. The zero-order valence-electron chi connectivity index (χ0n) is 60.7. The number of aliphatic hydroxyl groups excluding tert-OH is 1. The van der Waals surface area contributed by atoms with Gasteiger partial charge in [0.25, 0.3) is 0 Å². The Morgan fingerprint density at radius 3 is 1.35 bits per heavy atom. The van der Waals surface area contributed by atoms with Crippen molar-refractivity contribution in [1.29, 1.82) is 0 Å². The zero-order chi connectivity index (χ0) is 69.8. The lowest BCUT2D eigenvalue weighted by Crippen LogP contribution is -2.53. The number of nitrogens with zero attached hydrogens (tertiary/aromatic N) is 5. The summed E-state index contributed by atoms with van der Waals surface area (Å²) < 4.78 is 81.8. The number of rotatable bonds is 10. The molecule has 0 aromatic heterocycles. The van der Waals surface area contributed by atoms with E-state index < -0.39 is 0 Å². The molecule has 99 heavy (non-hydrogen) atoms. The van der Waals surface area contributed by atoms with E-state index in [1.807, 2.05) is 34.6 Å². The van der Waals surface area contributed by atoms with Gasteiger partial charge in [-0.15, -0.1) is 0 Å². The van der Waals surface area contributed by atoms with Gasteiger partial charge in [-0.25, -0.2) is 32.9 Å². The number of alkyl halides is 1. The Morgan fingerprint density at radius 2 is 0.828 bits per heavy atom. The highest BCUT2D eigenvalue weighted by Gasteiger charge is 2.67. The van der Waals surface area contributed by atoms with Gasteiger partial charge in [-0.05, 0) is 96.3 Å². The second-order valence-electron chi connectivity index (χ2n) is 34.1. The number of aliphatic hydroxyl groups is 1. The van der Waals surface area contributed by atoms with Crippen molar-refractivity contribution in [2.45, 2.75) is 427 Å². The smallest absolute Gasteiger partial charge is 0.223 e. The Hall–Kier alpha value is -2.89. The first-order chi connectivity index (χ1) is 47.4. The molecule has 0 aromatic rings. The SMILES string of the molecule is [C-]#[N+][C@H](C)C[C@H]1CC[C@@H]2O[C@@H]3C[C@]2(C=CC3C)O1.[C-]#[N+][C@H](C)C[C@H]1CC[C@@H]2O[C@@H]3C[C@]2(COC3C)O1.[C-]#[N+][C@H](C)C[C@H]1CC[C@@H]2O[C@@H]3C[C@]2(C[C@@H](O)C3C)O1.[C-]#[N+][C@H](C)C[C@H]1CC[C@@H]2O[C@@H]3C[C@]2(C[C@H](Br)C3C)O1.[C-]#[N+][C@H](C)C[C@H]1CC[C@@H]2O[C@@H]3C[C@]2(C[C@H]2OC4(CCCCC4)OC32)O1. The highest BCUT2D eigenvalue weighted by atomic mass is 79.9. The van der Waals surface area contributed by atoms with Gasteiger partial charge in [0.15, 0.2) is 5.79 Å². The molecule has 5 unspecified atom stereocenters. The predicted octanol–water partition coefficient (Wildman–Crippen LogP) is 14.5. The third-order valence-corrected chi connectivity index (χ3v) is 27.8. The Balaban J connectivity index is 0.000000112. The maximum absolute atomic E-state index is 10.2. The molecule has 10 bridgehead atoms. The second-order valence-corrected chi connectivity index (χ2v) is 35.2. The molecule has 548 valence electrons. The van der Waals surface area contributed by atoms with Crippen LogP contribution >= 0.6 is 15.9 Å². The molecule has 17 aliphatic rings. The molecule has 16 fully saturated rings. The van der Waals surface area contributed by atoms with Crippen LogP contribution in [0.1, 0.15) is 242 Å². The van der Waals surface area contributed by atoms with Crippen molar-refractivity contribution >= 4 is 15.9 Å². The van der Waals surface area contributed by atoms with Gasteiger partial charge < -0.3 is 90.9 Å². The van der Waals surface area contributed by atoms with Crippen LogP contribution in [-0.2, 0) is 61.6 Å². The van der Waals surface area contributed by atoms with Crippen molar-refractivity contribution < 1.29 is 66.7 Å². The van der Waals surface area contributed by atoms with Gasteiger partial charge >= 0.3 is 0 Å². The average molecular weight is 1440 g/mol. The molecule has 33 atom stereocenters. The molecule has 6 spiro atoms. The van der Waals surface area contributed by atoms with Crippen molar-refractivity contribution in [3.05, 3.63) is 69.2 Å². The van der Waals surface area contributed by atoms with Crippen molar-refractivity contribution in [2.24, 2.45) is 17.8 Å². The van der Waals surface area contributed by atoms with Gasteiger partial charge in [0, 0.05) is 141 Å². The first-order valence-electron chi connectivity index (χ1n) is 38.9. The lowest BCUT2D eigenvalue weighted by molar-refractivity contribution is -0.215. The van der Waals surface area contributed by atoms with E-state index in [4.69, 9.17) is 94.4 Å². The van der Waals surface area contributed by atoms with E-state index in [0.717, 1.165) is 154 Å². The predicted molar refractivity (Wildman–Crippen MR) is 374 cm³/mol. The molecule has 12 aliphatic heterocycles. The lowest BCUT2D eigenvalue weighted by atomic mass is 9.73. The summed E-state index contributed by atoms with van der Waals surface area (Å²) in [7, 11) is 0. The Bertz CT molecular complexity index is 2960. The van der Waals surface area contributed by atoms with Crippen LogP contribution in [0.25, 0.3) is 24.2 Å². The van der Waals surface area contributed by atoms with Crippen LogP contribution in [0.4, 0.5) is 0 Å². The highest BCUT2D eigenvalue weighted by Crippen LogP contribution is 2.58. The third kappa shape index (κ3) is 15.4. The number of hydrogen-bond acceptors (Lipinski definition) is 14. The summed E-state index contributed by atoms with van der Waals surface area (Å²) in [4.78, 5) is 18.5. The maximum Gasteiger partial charge on any atom is 0.223 e. The molecule has 17 rings (SSSR count). The van der Waals surface area contributed by atoms with Gasteiger partial charge in [-0.3, -0.25) is 0 Å². The van der Waals surface area contributed by atoms with E-state index in [0.29, 0.717) is 41.9 Å². The van der Waals surface area contributed by atoms with Gasteiger partial charge in [-0.2, -0.15) is 0 Å². The lowest BCUT2D eigenvalue weighted by Gasteiger charge is -2.44. The van der Waals surface area contributed by atoms with Crippen molar-refractivity contribution in [2.75, 3.05) is 6.61 Å². The van der Waals surface area contributed by atoms with Crippen LogP contribution < -0.4 is 0 Å². The topological polar surface area (TPSA) is 162 Å². The molecule has 0 amide bonds. The molecule has 4 saturated carbocycles. The molecule has 1 N–H and O–H groups in total. The minimum absolute atomic E-state index is 0.0171. The normalized spacial score (nSPS) is 49.0. The summed E-state index contributed by atoms with van der Waals surface area (Å²) in [5.74, 6) is 0.937. The molecule has 0 radical (unpaired) electrons. The minimum atomic E-state index is -0.347. The van der Waals surface area contributed by atoms with Gasteiger partial charge in [0.1, 0.15) is 17.3 Å². The second kappa shape index (κ2) is 30.5. The summed E-state index contributed by atoms with van der Waals surface area (Å²) in [6.45, 7) is 54.7. The van der Waals surface area contributed by atoms with Crippen LogP contribution in [0, 0.1) is 50.6 Å². The fourth-order valence-corrected chi connectivity index (χ4v) is 21.8. The monoisotopic (exact) mass is 1440 g/mol. The zero-order valence-corrected chi connectivity index (χ0v) is 62.3. The van der Waals surface area contributed by atoms with Crippen molar-refractivity contribution in [3.63, 3.8) is 0 Å². The van der Waals surface area contributed by atoms with E-state index in [1.165, 1.54) is 19.3 Å². The van der Waals surface area contributed by atoms with Gasteiger partial charge in [-0.1, -0.05) is 55.3 Å². The van der Waals surface area contributed by atoms with E-state index in [9.17, 15) is 5.11 Å².